The summed E-state index contributed by atoms with van der Waals surface area (Å²) in [5.74, 6) is -0.891. The van der Waals surface area contributed by atoms with Gasteiger partial charge in [-0.3, -0.25) is 4.79 Å². The summed E-state index contributed by atoms with van der Waals surface area (Å²) >= 11 is 13.1. The maximum absolute atomic E-state index is 13.3. The monoisotopic (exact) mass is 512 g/mol. The first-order chi connectivity index (χ1) is 16.0. The number of aliphatic hydroxyl groups excluding tert-OH is 1. The number of halogens is 2. The van der Waals surface area contributed by atoms with E-state index in [9.17, 15) is 14.7 Å². The zero-order valence-electron chi connectivity index (χ0n) is 20.1. The Bertz CT molecular complexity index is 910. The van der Waals surface area contributed by atoms with Crippen LogP contribution in [0.5, 0.6) is 0 Å². The molecule has 2 aliphatic heterocycles. The second-order valence-corrected chi connectivity index (χ2v) is 11.5. The number of hydrogen-bond donors (Lipinski definition) is 1. The molecular formula is C26H34Cl2O6. The number of rotatable bonds is 7. The summed E-state index contributed by atoms with van der Waals surface area (Å²) in [7, 11) is 0. The summed E-state index contributed by atoms with van der Waals surface area (Å²) in [4.78, 5) is 25.4. The largest absolute Gasteiger partial charge is 0.458 e. The van der Waals surface area contributed by atoms with Crippen molar-refractivity contribution in [2.45, 2.75) is 81.1 Å². The molecule has 8 heteroatoms. The lowest BCUT2D eigenvalue weighted by Crippen LogP contribution is -2.62. The average Bonchev–Trinajstić information content (AvgIpc) is 3.34. The summed E-state index contributed by atoms with van der Waals surface area (Å²) in [6.07, 6.45) is 1.15. The van der Waals surface area contributed by atoms with Gasteiger partial charge in [-0.2, -0.15) is 0 Å². The quantitative estimate of drug-likeness (QED) is 0.423. The second-order valence-electron chi connectivity index (χ2n) is 10.5. The van der Waals surface area contributed by atoms with E-state index in [1.54, 1.807) is 0 Å². The molecule has 0 amide bonds. The summed E-state index contributed by atoms with van der Waals surface area (Å²) < 4.78 is 18.7. The fourth-order valence-corrected chi connectivity index (χ4v) is 7.00. The first kappa shape index (κ1) is 25.7. The minimum atomic E-state index is -1.07. The van der Waals surface area contributed by atoms with E-state index < -0.39 is 52.7 Å². The zero-order valence-corrected chi connectivity index (χ0v) is 21.6. The van der Waals surface area contributed by atoms with Crippen LogP contribution in [0.4, 0.5) is 0 Å². The van der Waals surface area contributed by atoms with Crippen LogP contribution in [0.2, 0.25) is 0 Å². The van der Waals surface area contributed by atoms with Crippen molar-refractivity contribution in [3.8, 4) is 0 Å². The molecule has 3 fully saturated rings. The van der Waals surface area contributed by atoms with Crippen molar-refractivity contribution in [3.63, 3.8) is 0 Å². The predicted molar refractivity (Wildman–Crippen MR) is 129 cm³/mol. The van der Waals surface area contributed by atoms with Gasteiger partial charge in [0.2, 0.25) is 0 Å². The van der Waals surface area contributed by atoms with Gasteiger partial charge in [0.1, 0.15) is 30.0 Å². The lowest BCUT2D eigenvalue weighted by Gasteiger charge is -2.53. The molecule has 1 aliphatic carbocycles. The zero-order chi connectivity index (χ0) is 24.8. The van der Waals surface area contributed by atoms with Crippen LogP contribution in [-0.4, -0.2) is 52.4 Å². The molecule has 0 aromatic heterocycles. The molecule has 188 valence electrons. The Kier molecular flexibility index (Phi) is 7.27. The number of carbonyl (C=O) groups is 2. The fourth-order valence-electron chi connectivity index (χ4n) is 6.56. The standard InChI is InChI=1S/C26H34Cl2O6/c1-14(2)26-12-18(32-19(30)13-29)25(4,34-26)17-11-10-15(3)20(17)23(26)33-24(31)22(28)21(27)16-8-6-5-7-9-16/h5-9,14-15,17-18,20-23,29H,10-13H2,1-4H3/t15-,17-,18-,20-,21?,22?,23+,25+,26-/m1/s1. The lowest BCUT2D eigenvalue weighted by molar-refractivity contribution is -0.266. The molecule has 2 unspecified atom stereocenters. The average molecular weight is 513 g/mol. The van der Waals surface area contributed by atoms with E-state index in [1.165, 1.54) is 0 Å². The van der Waals surface area contributed by atoms with Crippen LogP contribution in [0, 0.1) is 23.7 Å². The number of aliphatic hydroxyl groups is 1. The van der Waals surface area contributed by atoms with Crippen LogP contribution in [0.25, 0.3) is 0 Å². The van der Waals surface area contributed by atoms with Gasteiger partial charge in [-0.25, -0.2) is 4.79 Å². The Morgan fingerprint density at radius 2 is 1.85 bits per heavy atom. The number of ether oxygens (including phenoxy) is 3. The molecule has 2 heterocycles. The van der Waals surface area contributed by atoms with E-state index in [1.807, 2.05) is 51.1 Å². The van der Waals surface area contributed by atoms with E-state index in [0.29, 0.717) is 12.3 Å². The van der Waals surface area contributed by atoms with Gasteiger partial charge in [-0.05, 0) is 43.1 Å². The van der Waals surface area contributed by atoms with Crippen LogP contribution < -0.4 is 0 Å². The Morgan fingerprint density at radius 1 is 1.18 bits per heavy atom. The third kappa shape index (κ3) is 4.15. The molecule has 0 radical (unpaired) electrons. The third-order valence-corrected chi connectivity index (χ3v) is 9.46. The molecule has 2 bridgehead atoms. The molecule has 1 N–H and O–H groups in total. The van der Waals surface area contributed by atoms with Gasteiger partial charge in [-0.1, -0.05) is 51.1 Å². The van der Waals surface area contributed by atoms with Crippen molar-refractivity contribution in [3.05, 3.63) is 35.9 Å². The van der Waals surface area contributed by atoms with Crippen molar-refractivity contribution in [2.75, 3.05) is 6.61 Å². The van der Waals surface area contributed by atoms with Crippen molar-refractivity contribution in [1.82, 2.24) is 0 Å². The van der Waals surface area contributed by atoms with Gasteiger partial charge in [0.25, 0.3) is 0 Å². The molecule has 4 rings (SSSR count). The SMILES string of the molecule is CC(C)[C@@]12C[C@@H](OC(=O)CO)[C@@](C)(O1)[C@@H]1CC[C@@H](C)[C@H]1[C@@H]2OC(=O)C(Cl)C(Cl)c1ccccc1. The van der Waals surface area contributed by atoms with E-state index in [-0.39, 0.29) is 17.8 Å². The highest BCUT2D eigenvalue weighted by molar-refractivity contribution is 6.36. The van der Waals surface area contributed by atoms with Crippen LogP contribution >= 0.6 is 23.2 Å². The van der Waals surface area contributed by atoms with Gasteiger partial charge in [0.05, 0.1) is 5.38 Å². The van der Waals surface area contributed by atoms with Gasteiger partial charge < -0.3 is 19.3 Å². The van der Waals surface area contributed by atoms with E-state index >= 15 is 0 Å². The Morgan fingerprint density at radius 3 is 2.47 bits per heavy atom. The summed E-state index contributed by atoms with van der Waals surface area (Å²) in [6.45, 7) is 7.55. The van der Waals surface area contributed by atoms with Crippen molar-refractivity contribution in [2.24, 2.45) is 23.7 Å². The first-order valence-electron chi connectivity index (χ1n) is 12.1. The smallest absolute Gasteiger partial charge is 0.332 e. The van der Waals surface area contributed by atoms with Crippen LogP contribution in [0.1, 0.15) is 57.9 Å². The van der Waals surface area contributed by atoms with E-state index in [2.05, 4.69) is 6.92 Å². The number of benzene rings is 1. The lowest BCUT2D eigenvalue weighted by atomic mass is 9.69. The number of fused-ring (bicyclic) bond motifs is 4. The first-order valence-corrected chi connectivity index (χ1v) is 13.0. The molecule has 2 saturated heterocycles. The van der Waals surface area contributed by atoms with Crippen LogP contribution in [-0.2, 0) is 23.8 Å². The van der Waals surface area contributed by atoms with Crippen molar-refractivity contribution in [1.29, 1.82) is 0 Å². The summed E-state index contributed by atoms with van der Waals surface area (Å²) in [6, 6.07) is 9.23. The van der Waals surface area contributed by atoms with Gasteiger partial charge in [-0.15, -0.1) is 23.2 Å². The molecule has 34 heavy (non-hydrogen) atoms. The van der Waals surface area contributed by atoms with E-state index in [0.717, 1.165) is 18.4 Å². The molecule has 1 aromatic rings. The molecule has 0 spiro atoms. The number of esters is 2. The minimum absolute atomic E-state index is 0.0223. The minimum Gasteiger partial charge on any atom is -0.458 e. The summed E-state index contributed by atoms with van der Waals surface area (Å²) in [5, 5.41) is 7.48. The van der Waals surface area contributed by atoms with Crippen molar-refractivity contribution < 1.29 is 28.9 Å². The Hall–Kier alpha value is -1.34. The van der Waals surface area contributed by atoms with Gasteiger partial charge >= 0.3 is 11.9 Å². The molecule has 1 aromatic carbocycles. The van der Waals surface area contributed by atoms with Gasteiger partial charge in [0, 0.05) is 12.3 Å². The second kappa shape index (κ2) is 9.61. The highest BCUT2D eigenvalue weighted by Crippen LogP contribution is 2.63. The predicted octanol–water partition coefficient (Wildman–Crippen LogP) is 4.64. The topological polar surface area (TPSA) is 82.1 Å². The Balaban J connectivity index is 1.66. The number of hydrogen-bond acceptors (Lipinski definition) is 6. The highest BCUT2D eigenvalue weighted by Gasteiger charge is 2.72. The fraction of sp³-hybridized carbons (Fsp3) is 0.692. The molecule has 1 saturated carbocycles. The van der Waals surface area contributed by atoms with Crippen LogP contribution in [0.15, 0.2) is 30.3 Å². The van der Waals surface area contributed by atoms with Gasteiger partial charge in [0.15, 0.2) is 5.38 Å². The molecule has 3 aliphatic rings. The third-order valence-electron chi connectivity index (χ3n) is 8.40. The highest BCUT2D eigenvalue weighted by atomic mass is 35.5. The normalized spacial score (nSPS) is 38.3. The number of carbonyl (C=O) groups excluding carboxylic acids is 2. The van der Waals surface area contributed by atoms with Crippen molar-refractivity contribution >= 4 is 35.1 Å². The molecule has 6 nitrogen and oxygen atoms in total. The summed E-state index contributed by atoms with van der Waals surface area (Å²) in [5.41, 5.74) is -0.807. The molecule has 9 atom stereocenters. The molecular weight excluding hydrogens is 479 g/mol. The number of alkyl halides is 2. The van der Waals surface area contributed by atoms with Crippen LogP contribution in [0.3, 0.4) is 0 Å². The maximum atomic E-state index is 13.3. The maximum Gasteiger partial charge on any atom is 0.332 e. The Labute approximate surface area is 211 Å². The van der Waals surface area contributed by atoms with E-state index in [4.69, 9.17) is 37.4 Å².